The van der Waals surface area contributed by atoms with Crippen molar-refractivity contribution in [3.05, 3.63) is 39.0 Å². The van der Waals surface area contributed by atoms with E-state index in [1.807, 2.05) is 0 Å². The second-order valence-electron chi connectivity index (χ2n) is 4.92. The van der Waals surface area contributed by atoms with Crippen molar-refractivity contribution in [2.45, 2.75) is 17.2 Å². The molecule has 1 aliphatic heterocycles. The number of nitrogens with one attached hydrogen (secondary N) is 3. The maximum absolute atomic E-state index is 12.2. The molecule has 0 radical (unpaired) electrons. The van der Waals surface area contributed by atoms with Crippen LogP contribution in [0.5, 0.6) is 11.5 Å². The van der Waals surface area contributed by atoms with E-state index >= 15 is 0 Å². The van der Waals surface area contributed by atoms with E-state index in [0.29, 0.717) is 30.4 Å². The molecular formula is C14H14N4O5S. The smallest absolute Gasteiger partial charge is 0.342 e. The first kappa shape index (κ1) is 16.1. The first-order valence-corrected chi connectivity index (χ1v) is 7.97. The van der Waals surface area contributed by atoms with Crippen LogP contribution in [-0.2, 0) is 4.79 Å². The summed E-state index contributed by atoms with van der Waals surface area (Å²) in [5.41, 5.74) is -0.777. The summed E-state index contributed by atoms with van der Waals surface area (Å²) in [5.74, 6) is 0.882. The summed E-state index contributed by atoms with van der Waals surface area (Å²) in [5, 5.41) is 7.90. The number of aromatic amines is 2. The van der Waals surface area contributed by atoms with Gasteiger partial charge in [-0.05, 0) is 19.1 Å². The molecule has 1 amide bonds. The third-order valence-corrected chi connectivity index (χ3v) is 4.22. The van der Waals surface area contributed by atoms with Gasteiger partial charge < -0.3 is 14.8 Å². The van der Waals surface area contributed by atoms with Crippen molar-refractivity contribution in [3.8, 4) is 11.5 Å². The van der Waals surface area contributed by atoms with Crippen LogP contribution >= 0.6 is 11.8 Å². The lowest BCUT2D eigenvalue weighted by Crippen LogP contribution is -2.28. The number of H-pyrrole nitrogens is 2. The Bertz CT molecular complexity index is 878. The molecule has 1 atom stereocenters. The van der Waals surface area contributed by atoms with Gasteiger partial charge in [-0.2, -0.15) is 5.10 Å². The van der Waals surface area contributed by atoms with Gasteiger partial charge in [0.25, 0.3) is 5.56 Å². The molecular weight excluding hydrogens is 336 g/mol. The molecule has 0 spiro atoms. The average molecular weight is 350 g/mol. The number of nitrogens with zero attached hydrogens (tertiary/aromatic N) is 1. The molecule has 3 rings (SSSR count). The molecule has 1 aliphatic rings. The Kier molecular flexibility index (Phi) is 4.56. The Balaban J connectivity index is 1.68. The minimum atomic E-state index is -0.697. The van der Waals surface area contributed by atoms with E-state index in [4.69, 9.17) is 9.47 Å². The highest BCUT2D eigenvalue weighted by molar-refractivity contribution is 8.00. The van der Waals surface area contributed by atoms with E-state index < -0.39 is 16.5 Å². The lowest BCUT2D eigenvalue weighted by molar-refractivity contribution is -0.115. The molecule has 0 saturated carbocycles. The summed E-state index contributed by atoms with van der Waals surface area (Å²) < 4.78 is 10.9. The second-order valence-corrected chi connectivity index (χ2v) is 6.25. The van der Waals surface area contributed by atoms with Crippen LogP contribution < -0.4 is 26.0 Å². The number of hydrogen-bond acceptors (Lipinski definition) is 7. The van der Waals surface area contributed by atoms with E-state index in [1.165, 1.54) is 0 Å². The SMILES string of the molecule is C[C@@H](Sc1n[nH]c(=O)[nH]c1=O)C(=O)Nc1ccc2c(c1)OCCO2. The molecule has 0 unspecified atom stereocenters. The molecule has 0 saturated heterocycles. The number of carbonyl (C=O) groups is 1. The first-order chi connectivity index (χ1) is 11.5. The van der Waals surface area contributed by atoms with Gasteiger partial charge in [-0.25, -0.2) is 9.89 Å². The lowest BCUT2D eigenvalue weighted by atomic mass is 10.2. The van der Waals surface area contributed by atoms with Crippen molar-refractivity contribution in [2.24, 2.45) is 0 Å². The number of carbonyl (C=O) groups excluding carboxylic acids is 1. The molecule has 0 bridgehead atoms. The number of aromatic nitrogens is 3. The van der Waals surface area contributed by atoms with Crippen molar-refractivity contribution in [1.82, 2.24) is 15.2 Å². The summed E-state index contributed by atoms with van der Waals surface area (Å²) in [6, 6.07) is 5.10. The van der Waals surface area contributed by atoms with Gasteiger partial charge in [-0.1, -0.05) is 11.8 Å². The van der Waals surface area contributed by atoms with Crippen LogP contribution in [0.3, 0.4) is 0 Å². The Morgan fingerprint density at radius 3 is 2.79 bits per heavy atom. The van der Waals surface area contributed by atoms with Crippen LogP contribution in [0.15, 0.2) is 32.8 Å². The molecule has 3 N–H and O–H groups in total. The average Bonchev–Trinajstić information content (AvgIpc) is 2.57. The van der Waals surface area contributed by atoms with E-state index in [1.54, 1.807) is 25.1 Å². The van der Waals surface area contributed by atoms with Crippen LogP contribution in [0.1, 0.15) is 6.92 Å². The van der Waals surface area contributed by atoms with Crippen LogP contribution in [0, 0.1) is 0 Å². The summed E-state index contributed by atoms with van der Waals surface area (Å²) in [6.07, 6.45) is 0. The predicted molar refractivity (Wildman–Crippen MR) is 86.9 cm³/mol. The van der Waals surface area contributed by atoms with Crippen LogP contribution in [0.2, 0.25) is 0 Å². The van der Waals surface area contributed by atoms with Gasteiger partial charge in [0.2, 0.25) is 5.91 Å². The lowest BCUT2D eigenvalue weighted by Gasteiger charge is -2.19. The maximum atomic E-state index is 12.2. The fraction of sp³-hybridized carbons (Fsp3) is 0.286. The monoisotopic (exact) mass is 350 g/mol. The number of fused-ring (bicyclic) bond motifs is 1. The van der Waals surface area contributed by atoms with Gasteiger partial charge in [-0.3, -0.25) is 14.6 Å². The number of amides is 1. The number of hydrogen-bond donors (Lipinski definition) is 3. The highest BCUT2D eigenvalue weighted by atomic mass is 32.2. The van der Waals surface area contributed by atoms with Gasteiger partial charge in [-0.15, -0.1) is 0 Å². The summed E-state index contributed by atoms with van der Waals surface area (Å²) in [7, 11) is 0. The minimum absolute atomic E-state index is 0.0134. The predicted octanol–water partition coefficient (Wildman–Crippen LogP) is 0.349. The van der Waals surface area contributed by atoms with Crippen LogP contribution in [0.4, 0.5) is 5.69 Å². The molecule has 0 aliphatic carbocycles. The topological polar surface area (TPSA) is 126 Å². The number of ether oxygens (including phenoxy) is 2. The summed E-state index contributed by atoms with van der Waals surface area (Å²) >= 11 is 0.942. The summed E-state index contributed by atoms with van der Waals surface area (Å²) in [6.45, 7) is 2.58. The Morgan fingerprint density at radius 1 is 1.29 bits per heavy atom. The zero-order chi connectivity index (χ0) is 17.1. The fourth-order valence-corrected chi connectivity index (χ4v) is 2.76. The third kappa shape index (κ3) is 3.59. The minimum Gasteiger partial charge on any atom is -0.486 e. The Labute approximate surface area is 139 Å². The Morgan fingerprint density at radius 2 is 2.04 bits per heavy atom. The third-order valence-electron chi connectivity index (χ3n) is 3.15. The molecule has 126 valence electrons. The summed E-state index contributed by atoms with van der Waals surface area (Å²) in [4.78, 5) is 36.8. The van der Waals surface area contributed by atoms with E-state index in [2.05, 4.69) is 20.5 Å². The molecule has 2 heterocycles. The highest BCUT2D eigenvalue weighted by Crippen LogP contribution is 2.32. The molecule has 1 aromatic carbocycles. The van der Waals surface area contributed by atoms with E-state index in [0.717, 1.165) is 11.8 Å². The molecule has 0 fully saturated rings. The van der Waals surface area contributed by atoms with Gasteiger partial charge >= 0.3 is 5.69 Å². The second kappa shape index (κ2) is 6.79. The molecule has 2 aromatic rings. The largest absolute Gasteiger partial charge is 0.486 e. The number of rotatable bonds is 4. The molecule has 24 heavy (non-hydrogen) atoms. The van der Waals surface area contributed by atoms with Gasteiger partial charge in [0.1, 0.15) is 13.2 Å². The normalized spacial score (nSPS) is 14.0. The van der Waals surface area contributed by atoms with E-state index in [9.17, 15) is 14.4 Å². The zero-order valence-corrected chi connectivity index (χ0v) is 13.4. The highest BCUT2D eigenvalue weighted by Gasteiger charge is 2.19. The van der Waals surface area contributed by atoms with Crippen molar-refractivity contribution in [2.75, 3.05) is 18.5 Å². The number of thioether (sulfide) groups is 1. The van der Waals surface area contributed by atoms with Gasteiger partial charge in [0.05, 0.1) is 5.25 Å². The first-order valence-electron chi connectivity index (χ1n) is 7.09. The standard InChI is InChI=1S/C14H14N4O5S/c1-7(24-13-12(20)16-14(21)18-17-13)11(19)15-8-2-3-9-10(6-8)23-5-4-22-9/h2-3,6-7H,4-5H2,1H3,(H,15,19)(H2,16,18,20,21)/t7-/m1/s1. The van der Waals surface area contributed by atoms with Crippen molar-refractivity contribution in [1.29, 1.82) is 0 Å². The zero-order valence-electron chi connectivity index (χ0n) is 12.6. The maximum Gasteiger partial charge on any atom is 0.342 e. The quantitative estimate of drug-likeness (QED) is 0.679. The molecule has 10 heteroatoms. The van der Waals surface area contributed by atoms with Crippen molar-refractivity contribution >= 4 is 23.4 Å². The van der Waals surface area contributed by atoms with Gasteiger partial charge in [0, 0.05) is 11.8 Å². The Hall–Kier alpha value is -2.75. The van der Waals surface area contributed by atoms with Gasteiger partial charge in [0.15, 0.2) is 16.5 Å². The molecule has 1 aromatic heterocycles. The van der Waals surface area contributed by atoms with E-state index in [-0.39, 0.29) is 10.9 Å². The van der Waals surface area contributed by atoms with Crippen LogP contribution in [0.25, 0.3) is 0 Å². The van der Waals surface area contributed by atoms with Crippen LogP contribution in [-0.4, -0.2) is 39.6 Å². The number of anilines is 1. The molecule has 9 nitrogen and oxygen atoms in total. The number of benzene rings is 1. The fourth-order valence-electron chi connectivity index (χ4n) is 2.00. The van der Waals surface area contributed by atoms with Crippen molar-refractivity contribution < 1.29 is 14.3 Å². The van der Waals surface area contributed by atoms with Crippen molar-refractivity contribution in [3.63, 3.8) is 0 Å².